The zero-order chi connectivity index (χ0) is 32.5. The van der Waals surface area contributed by atoms with Crippen LogP contribution in [-0.2, 0) is 41.3 Å². The Labute approximate surface area is 267 Å². The second-order valence-electron chi connectivity index (χ2n) is 12.2. The number of H-pyrrole nitrogens is 1. The summed E-state index contributed by atoms with van der Waals surface area (Å²) in [7, 11) is -3.78. The number of esters is 1. The topological polar surface area (TPSA) is 123 Å². The molecule has 238 valence electrons. The molecule has 3 aliphatic rings. The molecule has 2 fully saturated rings. The lowest BCUT2D eigenvalue weighted by Crippen LogP contribution is -2.63. The molecule has 9 nitrogen and oxygen atoms in total. The SMILES string of the molecule is CC1(C)SC2C(CC(=O)COc3ccc4c(c3)S(=O)(=O)Cc3c-4[nH]c4ccc(F)cc34)C(=O)N2C1C(=O)OCc1ccc(F)cc1. The van der Waals surface area contributed by atoms with Crippen molar-refractivity contribution in [2.45, 2.75) is 53.7 Å². The van der Waals surface area contributed by atoms with Gasteiger partial charge >= 0.3 is 5.97 Å². The first kappa shape index (κ1) is 30.4. The van der Waals surface area contributed by atoms with Crippen LogP contribution < -0.4 is 4.74 Å². The lowest BCUT2D eigenvalue weighted by molar-refractivity contribution is -0.168. The zero-order valence-corrected chi connectivity index (χ0v) is 26.3. The summed E-state index contributed by atoms with van der Waals surface area (Å²) in [6.45, 7) is 3.26. The molecule has 1 amide bonds. The highest BCUT2D eigenvalue weighted by Gasteiger charge is 2.64. The number of carbonyl (C=O) groups is 3. The van der Waals surface area contributed by atoms with E-state index in [2.05, 4.69) is 4.98 Å². The molecule has 4 aromatic rings. The van der Waals surface area contributed by atoms with E-state index in [0.717, 1.165) is 0 Å². The predicted octanol–water partition coefficient (Wildman–Crippen LogP) is 5.16. The van der Waals surface area contributed by atoms with E-state index in [0.29, 0.717) is 33.3 Å². The van der Waals surface area contributed by atoms with Gasteiger partial charge in [-0.2, -0.15) is 0 Å². The van der Waals surface area contributed by atoms with Crippen molar-refractivity contribution >= 4 is 50.2 Å². The summed E-state index contributed by atoms with van der Waals surface area (Å²) in [6, 6.07) is 13.5. The molecule has 2 saturated heterocycles. The monoisotopic (exact) mass is 666 g/mol. The quantitative estimate of drug-likeness (QED) is 0.202. The van der Waals surface area contributed by atoms with Crippen LogP contribution in [0.4, 0.5) is 8.78 Å². The second kappa shape index (κ2) is 10.9. The highest BCUT2D eigenvalue weighted by Crippen LogP contribution is 2.54. The van der Waals surface area contributed by atoms with E-state index in [1.165, 1.54) is 59.1 Å². The smallest absolute Gasteiger partial charge is 0.330 e. The van der Waals surface area contributed by atoms with E-state index in [1.807, 2.05) is 13.8 Å². The number of hydrogen-bond acceptors (Lipinski definition) is 8. The lowest BCUT2D eigenvalue weighted by Gasteiger charge is -2.43. The molecule has 0 bridgehead atoms. The number of Topliss-reactive ketones (excluding diaryl/α,β-unsaturated/α-hetero) is 1. The van der Waals surface area contributed by atoms with Crippen molar-refractivity contribution < 1.29 is 41.1 Å². The molecule has 0 radical (unpaired) electrons. The average molecular weight is 667 g/mol. The molecule has 7 rings (SSSR count). The number of β-lactam (4-membered cyclic amide) rings is 1. The molecule has 3 aromatic carbocycles. The van der Waals surface area contributed by atoms with Gasteiger partial charge in [-0.3, -0.25) is 9.59 Å². The maximum Gasteiger partial charge on any atom is 0.330 e. The summed E-state index contributed by atoms with van der Waals surface area (Å²) in [5.74, 6) is -2.86. The summed E-state index contributed by atoms with van der Waals surface area (Å²) in [6.07, 6.45) is -0.0986. The van der Waals surface area contributed by atoms with Crippen molar-refractivity contribution in [3.63, 3.8) is 0 Å². The Bertz CT molecular complexity index is 2040. The summed E-state index contributed by atoms with van der Waals surface area (Å²) >= 11 is 1.43. The standard InChI is InChI=1S/C33H28F2N2O7S2/c1-33(2)29(32(40)44-14-17-3-5-18(34)6-4-17)37-30(39)24(31(37)45-33)12-20(38)15-43-21-8-9-22-27(13-21)46(41,42)16-25-23-11-19(35)7-10-26(23)36-28(22)25/h3-11,13,24,29,31,36H,12,14-16H2,1-2H3. The number of fused-ring (bicyclic) bond motifs is 6. The number of halogens is 2. The average Bonchev–Trinajstić information content (AvgIpc) is 3.49. The minimum atomic E-state index is -3.78. The van der Waals surface area contributed by atoms with Gasteiger partial charge in [0, 0.05) is 33.2 Å². The van der Waals surface area contributed by atoms with Crippen LogP contribution in [0.3, 0.4) is 0 Å². The molecule has 0 saturated carbocycles. The van der Waals surface area contributed by atoms with Crippen LogP contribution in [0.25, 0.3) is 22.2 Å². The summed E-state index contributed by atoms with van der Waals surface area (Å²) < 4.78 is 64.0. The molecule has 0 aliphatic carbocycles. The first-order valence-electron chi connectivity index (χ1n) is 14.6. The van der Waals surface area contributed by atoms with E-state index in [9.17, 15) is 31.6 Å². The van der Waals surface area contributed by atoms with E-state index in [1.54, 1.807) is 18.2 Å². The third-order valence-corrected chi connectivity index (χ3v) is 12.0. The van der Waals surface area contributed by atoms with Crippen LogP contribution in [0.1, 0.15) is 31.4 Å². The van der Waals surface area contributed by atoms with Gasteiger partial charge in [-0.05, 0) is 67.9 Å². The fourth-order valence-corrected chi connectivity index (χ4v) is 9.78. The molecule has 0 spiro atoms. The van der Waals surface area contributed by atoms with Crippen LogP contribution >= 0.6 is 11.8 Å². The van der Waals surface area contributed by atoms with Crippen molar-refractivity contribution in [3.05, 3.63) is 83.4 Å². The fourth-order valence-electron chi connectivity index (χ4n) is 6.47. The Hall–Kier alpha value is -4.23. The van der Waals surface area contributed by atoms with Crippen LogP contribution in [0.15, 0.2) is 65.6 Å². The third-order valence-electron chi connectivity index (χ3n) is 8.68. The molecular weight excluding hydrogens is 639 g/mol. The van der Waals surface area contributed by atoms with Crippen LogP contribution in [0.5, 0.6) is 5.75 Å². The van der Waals surface area contributed by atoms with Crippen LogP contribution in [0, 0.1) is 17.6 Å². The lowest BCUT2D eigenvalue weighted by atomic mass is 9.88. The summed E-state index contributed by atoms with van der Waals surface area (Å²) in [5, 5.41) is 0.124. The largest absolute Gasteiger partial charge is 0.486 e. The number of hydrogen-bond donors (Lipinski definition) is 1. The molecule has 4 heterocycles. The maximum atomic E-state index is 13.9. The first-order chi connectivity index (χ1) is 21.8. The van der Waals surface area contributed by atoms with Crippen molar-refractivity contribution in [2.75, 3.05) is 6.61 Å². The number of aromatic amines is 1. The van der Waals surface area contributed by atoms with Gasteiger partial charge in [0.15, 0.2) is 15.6 Å². The normalized spacial score (nSPS) is 22.0. The van der Waals surface area contributed by atoms with E-state index >= 15 is 0 Å². The fraction of sp³-hybridized carbons (Fsp3) is 0.303. The van der Waals surface area contributed by atoms with Crippen molar-refractivity contribution in [2.24, 2.45) is 5.92 Å². The molecule has 13 heteroatoms. The first-order valence-corrected chi connectivity index (χ1v) is 17.1. The van der Waals surface area contributed by atoms with E-state index < -0.39 is 44.1 Å². The Morgan fingerprint density at radius 1 is 1.04 bits per heavy atom. The number of nitrogens with one attached hydrogen (secondary N) is 1. The number of aromatic nitrogens is 1. The number of benzene rings is 3. The molecular formula is C33H28F2N2O7S2. The molecule has 3 aliphatic heterocycles. The highest BCUT2D eigenvalue weighted by molar-refractivity contribution is 8.01. The van der Waals surface area contributed by atoms with Gasteiger partial charge in [0.05, 0.1) is 27.6 Å². The minimum absolute atomic E-state index is 0.0451. The van der Waals surface area contributed by atoms with E-state index in [-0.39, 0.29) is 53.1 Å². The number of sulfone groups is 1. The molecule has 1 aromatic heterocycles. The second-order valence-corrected chi connectivity index (χ2v) is 15.9. The Kier molecular flexibility index (Phi) is 7.24. The van der Waals surface area contributed by atoms with Gasteiger partial charge in [0.1, 0.15) is 36.6 Å². The number of carbonyl (C=O) groups excluding carboxylic acids is 3. The number of ether oxygens (including phenoxy) is 2. The number of nitrogens with zero attached hydrogens (tertiary/aromatic N) is 1. The number of amides is 1. The predicted molar refractivity (Wildman–Crippen MR) is 165 cm³/mol. The van der Waals surface area contributed by atoms with E-state index in [4.69, 9.17) is 9.47 Å². The highest BCUT2D eigenvalue weighted by atomic mass is 32.2. The Morgan fingerprint density at radius 2 is 1.78 bits per heavy atom. The van der Waals surface area contributed by atoms with Crippen molar-refractivity contribution in [1.29, 1.82) is 0 Å². The van der Waals surface area contributed by atoms with Gasteiger partial charge in [-0.1, -0.05) is 12.1 Å². The number of thioether (sulfide) groups is 1. The van der Waals surface area contributed by atoms with Crippen LogP contribution in [0.2, 0.25) is 0 Å². The van der Waals surface area contributed by atoms with Gasteiger partial charge in [-0.15, -0.1) is 11.8 Å². The van der Waals surface area contributed by atoms with Gasteiger partial charge < -0.3 is 19.4 Å². The molecule has 3 atom stereocenters. The Balaban J connectivity index is 0.996. The zero-order valence-electron chi connectivity index (χ0n) is 24.7. The number of rotatable bonds is 8. The molecule has 46 heavy (non-hydrogen) atoms. The maximum absolute atomic E-state index is 13.9. The molecule has 3 unspecified atom stereocenters. The summed E-state index contributed by atoms with van der Waals surface area (Å²) in [5.41, 5.74) is 2.77. The van der Waals surface area contributed by atoms with Crippen LogP contribution in [-0.4, -0.2) is 58.7 Å². The van der Waals surface area contributed by atoms with Gasteiger partial charge in [-0.25, -0.2) is 22.0 Å². The third kappa shape index (κ3) is 5.15. The number of ketones is 1. The van der Waals surface area contributed by atoms with Crippen molar-refractivity contribution in [3.8, 4) is 17.0 Å². The van der Waals surface area contributed by atoms with Gasteiger partial charge in [0.25, 0.3) is 0 Å². The van der Waals surface area contributed by atoms with Crippen molar-refractivity contribution in [1.82, 2.24) is 9.88 Å². The Morgan fingerprint density at radius 3 is 2.54 bits per heavy atom. The summed E-state index contributed by atoms with van der Waals surface area (Å²) in [4.78, 5) is 43.9. The van der Waals surface area contributed by atoms with Gasteiger partial charge in [0.2, 0.25) is 5.91 Å². The minimum Gasteiger partial charge on any atom is -0.486 e. The molecule has 1 N–H and O–H groups in total.